The van der Waals surface area contributed by atoms with Gasteiger partial charge in [0.05, 0.1) is 11.1 Å². The number of aromatic carboxylic acids is 1. The summed E-state index contributed by atoms with van der Waals surface area (Å²) in [6.07, 6.45) is -4.66. The highest BCUT2D eigenvalue weighted by Gasteiger charge is 2.32. The third kappa shape index (κ3) is 3.22. The van der Waals surface area contributed by atoms with Crippen LogP contribution in [0, 0.1) is 0 Å². The average Bonchev–Trinajstić information content (AvgIpc) is 2.59. The van der Waals surface area contributed by atoms with Gasteiger partial charge in [-0.15, -0.1) is 0 Å². The van der Waals surface area contributed by atoms with Gasteiger partial charge in [-0.25, -0.2) is 4.79 Å². The lowest BCUT2D eigenvalue weighted by Gasteiger charge is -2.21. The fraction of sp³-hybridized carbons (Fsp3) is 0.222. The van der Waals surface area contributed by atoms with E-state index in [1.165, 1.54) is 19.1 Å². The minimum absolute atomic E-state index is 0.0465. The SMILES string of the molecule is CC(=O)c1cc2c(cc1-c1cc(C(F)(F)F)ccc1C(=O)O)OCCO2. The molecule has 8 heteroatoms. The van der Waals surface area contributed by atoms with Crippen molar-refractivity contribution in [3.63, 3.8) is 0 Å². The Hall–Kier alpha value is -3.03. The minimum Gasteiger partial charge on any atom is -0.486 e. The molecule has 1 aliphatic heterocycles. The zero-order valence-corrected chi connectivity index (χ0v) is 13.5. The van der Waals surface area contributed by atoms with Gasteiger partial charge in [0, 0.05) is 5.56 Å². The zero-order chi connectivity index (χ0) is 19.1. The van der Waals surface area contributed by atoms with Gasteiger partial charge < -0.3 is 14.6 Å². The first-order valence-corrected chi connectivity index (χ1v) is 7.58. The summed E-state index contributed by atoms with van der Waals surface area (Å²) in [4.78, 5) is 23.5. The van der Waals surface area contributed by atoms with Crippen molar-refractivity contribution < 1.29 is 37.3 Å². The number of hydrogen-bond donors (Lipinski definition) is 1. The maximum Gasteiger partial charge on any atom is 0.416 e. The Morgan fingerprint density at radius 1 is 0.962 bits per heavy atom. The van der Waals surface area contributed by atoms with Gasteiger partial charge in [-0.2, -0.15) is 13.2 Å². The molecule has 0 bridgehead atoms. The smallest absolute Gasteiger partial charge is 0.416 e. The van der Waals surface area contributed by atoms with Crippen molar-refractivity contribution in [2.24, 2.45) is 0 Å². The summed E-state index contributed by atoms with van der Waals surface area (Å²) in [5, 5.41) is 9.37. The second-order valence-corrected chi connectivity index (χ2v) is 5.66. The Morgan fingerprint density at radius 2 is 1.54 bits per heavy atom. The molecule has 1 N–H and O–H groups in total. The van der Waals surface area contributed by atoms with E-state index in [1.807, 2.05) is 0 Å². The van der Waals surface area contributed by atoms with Crippen molar-refractivity contribution in [2.45, 2.75) is 13.1 Å². The van der Waals surface area contributed by atoms with Gasteiger partial charge in [-0.05, 0) is 48.4 Å². The zero-order valence-electron chi connectivity index (χ0n) is 13.5. The Morgan fingerprint density at radius 3 is 2.08 bits per heavy atom. The molecule has 0 saturated carbocycles. The molecule has 0 saturated heterocycles. The van der Waals surface area contributed by atoms with Gasteiger partial charge in [0.25, 0.3) is 0 Å². The van der Waals surface area contributed by atoms with Gasteiger partial charge >= 0.3 is 12.1 Å². The number of halogens is 3. The molecule has 1 aliphatic rings. The van der Waals surface area contributed by atoms with E-state index in [1.54, 1.807) is 0 Å². The monoisotopic (exact) mass is 366 g/mol. The predicted molar refractivity (Wildman–Crippen MR) is 84.8 cm³/mol. The third-order valence-corrected chi connectivity index (χ3v) is 3.93. The van der Waals surface area contributed by atoms with Gasteiger partial charge in [0.15, 0.2) is 17.3 Å². The Labute approximate surface area is 146 Å². The summed E-state index contributed by atoms with van der Waals surface area (Å²) in [7, 11) is 0. The van der Waals surface area contributed by atoms with Gasteiger partial charge in [0.1, 0.15) is 13.2 Å². The number of carbonyl (C=O) groups is 2. The number of rotatable bonds is 3. The van der Waals surface area contributed by atoms with Crippen LogP contribution in [0.1, 0.15) is 33.2 Å². The highest BCUT2D eigenvalue weighted by atomic mass is 19.4. The molecule has 0 spiro atoms. The molecule has 2 aromatic rings. The van der Waals surface area contributed by atoms with E-state index in [0.29, 0.717) is 6.07 Å². The lowest BCUT2D eigenvalue weighted by atomic mass is 9.91. The Kier molecular flexibility index (Phi) is 4.35. The molecular weight excluding hydrogens is 353 g/mol. The molecule has 2 aromatic carbocycles. The summed E-state index contributed by atoms with van der Waals surface area (Å²) in [6, 6.07) is 4.99. The molecule has 136 valence electrons. The van der Waals surface area contributed by atoms with Crippen molar-refractivity contribution >= 4 is 11.8 Å². The highest BCUT2D eigenvalue weighted by Crippen LogP contribution is 2.41. The molecule has 0 aliphatic carbocycles. The van der Waals surface area contributed by atoms with Crippen LogP contribution in [0.3, 0.4) is 0 Å². The normalized spacial score (nSPS) is 13.4. The number of alkyl halides is 3. The van der Waals surface area contributed by atoms with Gasteiger partial charge in [0.2, 0.25) is 0 Å². The van der Waals surface area contributed by atoms with Crippen LogP contribution in [0.4, 0.5) is 13.2 Å². The first-order valence-electron chi connectivity index (χ1n) is 7.58. The number of Topliss-reactive ketones (excluding diaryl/α,β-unsaturated/α-hetero) is 1. The maximum atomic E-state index is 13.1. The lowest BCUT2D eigenvalue weighted by molar-refractivity contribution is -0.137. The highest BCUT2D eigenvalue weighted by molar-refractivity contribution is 6.05. The van der Waals surface area contributed by atoms with Crippen LogP contribution in [0.25, 0.3) is 11.1 Å². The Balaban J connectivity index is 2.31. The molecule has 1 heterocycles. The first kappa shape index (κ1) is 17.8. The third-order valence-electron chi connectivity index (χ3n) is 3.93. The number of fused-ring (bicyclic) bond motifs is 1. The number of ether oxygens (including phenoxy) is 2. The van der Waals surface area contributed by atoms with E-state index in [-0.39, 0.29) is 47.0 Å². The number of carboxylic acids is 1. The molecule has 0 amide bonds. The molecule has 26 heavy (non-hydrogen) atoms. The van der Waals surface area contributed by atoms with Crippen LogP contribution in [0.2, 0.25) is 0 Å². The number of hydrogen-bond acceptors (Lipinski definition) is 4. The second kappa shape index (κ2) is 6.36. The molecule has 0 aromatic heterocycles. The minimum atomic E-state index is -4.66. The van der Waals surface area contributed by atoms with Crippen LogP contribution in [-0.2, 0) is 6.18 Å². The van der Waals surface area contributed by atoms with Crippen LogP contribution >= 0.6 is 0 Å². The average molecular weight is 366 g/mol. The number of carboxylic acid groups (broad SMARTS) is 1. The lowest BCUT2D eigenvalue weighted by Crippen LogP contribution is -2.16. The van der Waals surface area contributed by atoms with Crippen molar-refractivity contribution in [1.29, 1.82) is 0 Å². The van der Waals surface area contributed by atoms with E-state index < -0.39 is 23.5 Å². The van der Waals surface area contributed by atoms with E-state index >= 15 is 0 Å². The summed E-state index contributed by atoms with van der Waals surface area (Å²) in [6.45, 7) is 1.75. The van der Waals surface area contributed by atoms with Crippen molar-refractivity contribution in [1.82, 2.24) is 0 Å². The molecule has 0 radical (unpaired) electrons. The van der Waals surface area contributed by atoms with Crippen molar-refractivity contribution in [3.05, 3.63) is 47.0 Å². The van der Waals surface area contributed by atoms with E-state index in [4.69, 9.17) is 9.47 Å². The molecule has 0 unspecified atom stereocenters. The summed E-state index contributed by atoms with van der Waals surface area (Å²) >= 11 is 0. The fourth-order valence-electron chi connectivity index (χ4n) is 2.73. The first-order chi connectivity index (χ1) is 12.2. The summed E-state index contributed by atoms with van der Waals surface area (Å²) < 4.78 is 50.1. The largest absolute Gasteiger partial charge is 0.486 e. The van der Waals surface area contributed by atoms with Crippen LogP contribution < -0.4 is 9.47 Å². The Bertz CT molecular complexity index is 902. The number of ketones is 1. The van der Waals surface area contributed by atoms with Crippen molar-refractivity contribution in [2.75, 3.05) is 13.2 Å². The maximum absolute atomic E-state index is 13.1. The van der Waals surface area contributed by atoms with E-state index in [9.17, 15) is 27.9 Å². The fourth-order valence-corrected chi connectivity index (χ4v) is 2.73. The van der Waals surface area contributed by atoms with Gasteiger partial charge in [-0.3, -0.25) is 4.79 Å². The molecule has 3 rings (SSSR count). The van der Waals surface area contributed by atoms with Crippen LogP contribution in [0.15, 0.2) is 30.3 Å². The molecule has 5 nitrogen and oxygen atoms in total. The van der Waals surface area contributed by atoms with E-state index in [2.05, 4.69) is 0 Å². The quantitative estimate of drug-likeness (QED) is 0.830. The van der Waals surface area contributed by atoms with E-state index in [0.717, 1.165) is 12.1 Å². The number of benzene rings is 2. The van der Waals surface area contributed by atoms with Crippen LogP contribution in [-0.4, -0.2) is 30.1 Å². The standard InChI is InChI=1S/C18H13F3O5/c1-9(22)12-7-15-16(26-5-4-25-15)8-14(12)13-6-10(18(19,20)21)2-3-11(13)17(23)24/h2-3,6-8H,4-5H2,1H3,(H,23,24). The van der Waals surface area contributed by atoms with Crippen molar-refractivity contribution in [3.8, 4) is 22.6 Å². The topological polar surface area (TPSA) is 72.8 Å². The van der Waals surface area contributed by atoms with Gasteiger partial charge in [-0.1, -0.05) is 0 Å². The molecular formula is C18H13F3O5. The summed E-state index contributed by atoms with van der Waals surface area (Å²) in [5.41, 5.74) is -1.48. The second-order valence-electron chi connectivity index (χ2n) is 5.66. The number of carbonyl (C=O) groups excluding carboxylic acids is 1. The molecule has 0 fully saturated rings. The predicted octanol–water partition coefficient (Wildman–Crippen LogP) is 4.04. The summed E-state index contributed by atoms with van der Waals surface area (Å²) in [5.74, 6) is -1.32. The molecule has 0 atom stereocenters. The van der Waals surface area contributed by atoms with Crippen LogP contribution in [0.5, 0.6) is 11.5 Å².